The van der Waals surface area contributed by atoms with Crippen molar-refractivity contribution in [2.45, 2.75) is 13.5 Å². The molecular weight excluding hydrogens is 449 g/mol. The van der Waals surface area contributed by atoms with Crippen LogP contribution in [-0.2, 0) is 16.1 Å². The maximum Gasteiger partial charge on any atom is 0.363 e. The quantitative estimate of drug-likeness (QED) is 0.318. The summed E-state index contributed by atoms with van der Waals surface area (Å²) in [6, 6.07) is 18.4. The third-order valence-electron chi connectivity index (χ3n) is 4.78. The molecule has 0 aliphatic carbocycles. The molecule has 0 unspecified atom stereocenters. The van der Waals surface area contributed by atoms with E-state index in [1.807, 2.05) is 31.2 Å². The Morgan fingerprint density at radius 1 is 1.03 bits per heavy atom. The van der Waals surface area contributed by atoms with Crippen LogP contribution in [0.2, 0.25) is 10.0 Å². The minimum atomic E-state index is -0.574. The van der Waals surface area contributed by atoms with E-state index in [-0.39, 0.29) is 11.6 Å². The molecule has 0 bridgehead atoms. The summed E-state index contributed by atoms with van der Waals surface area (Å²) in [6.45, 7) is 2.37. The molecule has 0 radical (unpaired) electrons. The first-order chi connectivity index (χ1) is 15.4. The van der Waals surface area contributed by atoms with Crippen LogP contribution in [0.5, 0.6) is 11.5 Å². The van der Waals surface area contributed by atoms with Gasteiger partial charge in [-0.15, -0.1) is 0 Å². The number of rotatable bonds is 6. The van der Waals surface area contributed by atoms with Gasteiger partial charge in [0, 0.05) is 0 Å². The first kappa shape index (κ1) is 21.9. The van der Waals surface area contributed by atoms with Crippen molar-refractivity contribution in [1.29, 1.82) is 0 Å². The molecule has 162 valence electrons. The van der Waals surface area contributed by atoms with Crippen molar-refractivity contribution in [3.8, 4) is 11.5 Å². The van der Waals surface area contributed by atoms with Crippen LogP contribution >= 0.6 is 23.2 Å². The number of aryl methyl sites for hydroxylation is 1. The van der Waals surface area contributed by atoms with Crippen LogP contribution in [0.15, 0.2) is 71.4 Å². The summed E-state index contributed by atoms with van der Waals surface area (Å²) in [4.78, 5) is 16.6. The second kappa shape index (κ2) is 9.47. The van der Waals surface area contributed by atoms with Gasteiger partial charge in [-0.05, 0) is 48.4 Å². The zero-order valence-corrected chi connectivity index (χ0v) is 18.9. The van der Waals surface area contributed by atoms with E-state index in [0.29, 0.717) is 39.3 Å². The van der Waals surface area contributed by atoms with E-state index in [0.717, 1.165) is 5.56 Å². The molecule has 0 spiro atoms. The van der Waals surface area contributed by atoms with Crippen molar-refractivity contribution < 1.29 is 19.0 Å². The molecule has 3 aromatic rings. The number of ether oxygens (including phenoxy) is 3. The van der Waals surface area contributed by atoms with Crippen molar-refractivity contribution in [3.63, 3.8) is 0 Å². The molecule has 1 aliphatic rings. The van der Waals surface area contributed by atoms with Gasteiger partial charge in [0.05, 0.1) is 22.7 Å². The van der Waals surface area contributed by atoms with E-state index in [2.05, 4.69) is 4.99 Å². The minimum Gasteiger partial charge on any atom is -0.493 e. The SMILES string of the molecule is COc1cc(/C=C2\N=C(c3ccccc3Cl)OC2=O)cc(Cl)c1OCc1ccc(C)cc1. The highest BCUT2D eigenvalue weighted by Crippen LogP contribution is 2.38. The van der Waals surface area contributed by atoms with Crippen LogP contribution in [0.25, 0.3) is 6.08 Å². The van der Waals surface area contributed by atoms with Gasteiger partial charge < -0.3 is 14.2 Å². The minimum absolute atomic E-state index is 0.131. The summed E-state index contributed by atoms with van der Waals surface area (Å²) in [6.07, 6.45) is 1.57. The van der Waals surface area contributed by atoms with Crippen molar-refractivity contribution in [2.24, 2.45) is 4.99 Å². The molecule has 1 heterocycles. The molecule has 5 nitrogen and oxygen atoms in total. The maximum absolute atomic E-state index is 12.3. The number of aliphatic imine (C=N–C) groups is 1. The van der Waals surface area contributed by atoms with Crippen LogP contribution in [0.3, 0.4) is 0 Å². The highest BCUT2D eigenvalue weighted by molar-refractivity contribution is 6.34. The first-order valence-electron chi connectivity index (χ1n) is 9.78. The van der Waals surface area contributed by atoms with Gasteiger partial charge in [0.25, 0.3) is 0 Å². The molecule has 0 fully saturated rings. The molecule has 0 aromatic heterocycles. The molecule has 0 amide bonds. The molecule has 0 N–H and O–H groups in total. The standard InChI is InChI=1S/C25H19Cl2NO4/c1-15-7-9-16(10-8-15)14-31-23-20(27)11-17(13-22(23)30-2)12-21-25(29)32-24(28-21)18-5-3-4-6-19(18)26/h3-13H,14H2,1-2H3/b21-12-. The zero-order chi connectivity index (χ0) is 22.7. The van der Waals surface area contributed by atoms with Crippen molar-refractivity contribution in [3.05, 3.63) is 98.7 Å². The fourth-order valence-corrected chi connectivity index (χ4v) is 3.61. The van der Waals surface area contributed by atoms with E-state index in [1.165, 1.54) is 12.7 Å². The van der Waals surface area contributed by atoms with Crippen LogP contribution in [-0.4, -0.2) is 19.0 Å². The summed E-state index contributed by atoms with van der Waals surface area (Å²) >= 11 is 12.6. The Morgan fingerprint density at radius 2 is 1.78 bits per heavy atom. The van der Waals surface area contributed by atoms with Crippen LogP contribution < -0.4 is 9.47 Å². The molecule has 4 rings (SSSR count). The lowest BCUT2D eigenvalue weighted by molar-refractivity contribution is -0.129. The summed E-state index contributed by atoms with van der Waals surface area (Å²) in [5, 5.41) is 0.796. The second-order valence-corrected chi connectivity index (χ2v) is 7.94. The molecule has 0 atom stereocenters. The van der Waals surface area contributed by atoms with Gasteiger partial charge in [-0.2, -0.15) is 0 Å². The second-order valence-electron chi connectivity index (χ2n) is 7.12. The predicted molar refractivity (Wildman–Crippen MR) is 126 cm³/mol. The monoisotopic (exact) mass is 467 g/mol. The number of carbonyl (C=O) groups excluding carboxylic acids is 1. The van der Waals surface area contributed by atoms with Crippen molar-refractivity contribution in [2.75, 3.05) is 7.11 Å². The number of hydrogen-bond donors (Lipinski definition) is 0. The fraction of sp³-hybridized carbons (Fsp3) is 0.120. The Hall–Kier alpha value is -3.28. The van der Waals surface area contributed by atoms with Gasteiger partial charge in [0.1, 0.15) is 6.61 Å². The van der Waals surface area contributed by atoms with Crippen molar-refractivity contribution >= 4 is 41.1 Å². The molecule has 7 heteroatoms. The lowest BCUT2D eigenvalue weighted by Gasteiger charge is -2.13. The average Bonchev–Trinajstić information content (AvgIpc) is 3.14. The topological polar surface area (TPSA) is 57.1 Å². The normalized spacial score (nSPS) is 14.3. The number of benzene rings is 3. The van der Waals surface area contributed by atoms with E-state index in [1.54, 1.807) is 42.5 Å². The van der Waals surface area contributed by atoms with Crippen LogP contribution in [0, 0.1) is 6.92 Å². The highest BCUT2D eigenvalue weighted by atomic mass is 35.5. The lowest BCUT2D eigenvalue weighted by Crippen LogP contribution is -2.05. The predicted octanol–water partition coefficient (Wildman–Crippen LogP) is 6.23. The van der Waals surface area contributed by atoms with Gasteiger partial charge in [-0.1, -0.05) is 65.2 Å². The van der Waals surface area contributed by atoms with Gasteiger partial charge in [0.15, 0.2) is 17.2 Å². The number of halogens is 2. The number of methoxy groups -OCH3 is 1. The zero-order valence-electron chi connectivity index (χ0n) is 17.4. The van der Waals surface area contributed by atoms with Gasteiger partial charge in [-0.25, -0.2) is 9.79 Å². The lowest BCUT2D eigenvalue weighted by atomic mass is 10.1. The van der Waals surface area contributed by atoms with Gasteiger partial charge >= 0.3 is 5.97 Å². The summed E-state index contributed by atoms with van der Waals surface area (Å²) in [5.41, 5.74) is 3.47. The largest absolute Gasteiger partial charge is 0.493 e. The van der Waals surface area contributed by atoms with E-state index < -0.39 is 5.97 Å². The molecule has 32 heavy (non-hydrogen) atoms. The van der Waals surface area contributed by atoms with E-state index in [4.69, 9.17) is 37.4 Å². The van der Waals surface area contributed by atoms with Crippen LogP contribution in [0.4, 0.5) is 0 Å². The van der Waals surface area contributed by atoms with Gasteiger partial charge in [-0.3, -0.25) is 0 Å². The molecular formula is C25H19Cl2NO4. The Morgan fingerprint density at radius 3 is 2.50 bits per heavy atom. The Kier molecular flexibility index (Phi) is 6.49. The van der Waals surface area contributed by atoms with E-state index in [9.17, 15) is 4.79 Å². The number of carbonyl (C=O) groups is 1. The Balaban J connectivity index is 1.59. The van der Waals surface area contributed by atoms with E-state index >= 15 is 0 Å². The number of hydrogen-bond acceptors (Lipinski definition) is 5. The number of cyclic esters (lactones) is 1. The summed E-state index contributed by atoms with van der Waals surface area (Å²) in [5.74, 6) is 0.446. The fourth-order valence-electron chi connectivity index (χ4n) is 3.12. The highest BCUT2D eigenvalue weighted by Gasteiger charge is 2.25. The molecule has 1 aliphatic heterocycles. The number of nitrogens with zero attached hydrogens (tertiary/aromatic N) is 1. The maximum atomic E-state index is 12.3. The van der Waals surface area contributed by atoms with Crippen LogP contribution in [0.1, 0.15) is 22.3 Å². The summed E-state index contributed by atoms with van der Waals surface area (Å²) in [7, 11) is 1.53. The molecule has 0 saturated heterocycles. The Bertz CT molecular complexity index is 1230. The number of esters is 1. The smallest absolute Gasteiger partial charge is 0.363 e. The average molecular weight is 468 g/mol. The molecule has 0 saturated carbocycles. The summed E-state index contributed by atoms with van der Waals surface area (Å²) < 4.78 is 16.7. The van der Waals surface area contributed by atoms with Gasteiger partial charge in [0.2, 0.25) is 5.90 Å². The third kappa shape index (κ3) is 4.79. The molecule has 3 aromatic carbocycles. The Labute approximate surface area is 195 Å². The third-order valence-corrected chi connectivity index (χ3v) is 5.39. The van der Waals surface area contributed by atoms with Crippen molar-refractivity contribution in [1.82, 2.24) is 0 Å². The first-order valence-corrected chi connectivity index (χ1v) is 10.5.